The molecule has 0 saturated carbocycles. The summed E-state index contributed by atoms with van der Waals surface area (Å²) < 4.78 is 71.7. The zero-order valence-electron chi connectivity index (χ0n) is 15.0. The molecule has 2 aromatic rings. The standard InChI is InChI=1S/C18H18F3NO5S/c1-26-15-7-8-16(27-2)17-13(15)9-22(10-14(17)23)11-3-5-12(6-4-11)28(24,25)18(19,20)21/h3-8,14,23H,9-10H2,1-2H3/t14-/m1/s1. The summed E-state index contributed by atoms with van der Waals surface area (Å²) in [4.78, 5) is 0.889. The summed E-state index contributed by atoms with van der Waals surface area (Å²) in [6.45, 7) is 0.458. The zero-order valence-corrected chi connectivity index (χ0v) is 15.8. The SMILES string of the molecule is COc1ccc(OC)c2c1CN(c1ccc(S(=O)(=O)C(F)(F)F)cc1)C[C@H]2O. The Labute approximate surface area is 160 Å². The predicted molar refractivity (Wildman–Crippen MR) is 95.2 cm³/mol. The molecule has 0 saturated heterocycles. The lowest BCUT2D eigenvalue weighted by Gasteiger charge is -2.35. The Bertz CT molecular complexity index is 974. The third-order valence-corrected chi connectivity index (χ3v) is 6.11. The Balaban J connectivity index is 1.96. The van der Waals surface area contributed by atoms with Crippen molar-refractivity contribution >= 4 is 15.5 Å². The Kier molecular flexibility index (Phi) is 5.20. The number of hydrogen-bond acceptors (Lipinski definition) is 6. The van der Waals surface area contributed by atoms with Crippen molar-refractivity contribution in [2.45, 2.75) is 23.1 Å². The van der Waals surface area contributed by atoms with E-state index < -0.39 is 26.3 Å². The second-order valence-corrected chi connectivity index (χ2v) is 8.14. The molecule has 0 aliphatic carbocycles. The van der Waals surface area contributed by atoms with Crippen LogP contribution in [0.25, 0.3) is 0 Å². The lowest BCUT2D eigenvalue weighted by atomic mass is 9.95. The molecular weight excluding hydrogens is 399 g/mol. The Hall–Kier alpha value is -2.46. The van der Waals surface area contributed by atoms with E-state index in [2.05, 4.69) is 0 Å². The number of aliphatic hydroxyl groups is 1. The quantitative estimate of drug-likeness (QED) is 0.824. The van der Waals surface area contributed by atoms with Gasteiger partial charge in [0.2, 0.25) is 0 Å². The van der Waals surface area contributed by atoms with Crippen LogP contribution in [0.1, 0.15) is 17.2 Å². The largest absolute Gasteiger partial charge is 0.501 e. The van der Waals surface area contributed by atoms with E-state index in [-0.39, 0.29) is 6.54 Å². The van der Waals surface area contributed by atoms with Gasteiger partial charge < -0.3 is 19.5 Å². The molecule has 28 heavy (non-hydrogen) atoms. The van der Waals surface area contributed by atoms with E-state index in [4.69, 9.17) is 9.47 Å². The van der Waals surface area contributed by atoms with Crippen molar-refractivity contribution in [1.82, 2.24) is 0 Å². The average Bonchev–Trinajstić information content (AvgIpc) is 2.66. The van der Waals surface area contributed by atoms with Crippen molar-refractivity contribution in [2.24, 2.45) is 0 Å². The van der Waals surface area contributed by atoms with Gasteiger partial charge in [0.25, 0.3) is 9.84 Å². The van der Waals surface area contributed by atoms with E-state index in [1.807, 2.05) is 0 Å². The number of anilines is 1. The second kappa shape index (κ2) is 7.17. The van der Waals surface area contributed by atoms with Crippen LogP contribution in [-0.4, -0.2) is 39.8 Å². The van der Waals surface area contributed by atoms with Crippen LogP contribution in [0.4, 0.5) is 18.9 Å². The van der Waals surface area contributed by atoms with Gasteiger partial charge in [0.15, 0.2) is 0 Å². The first-order valence-electron chi connectivity index (χ1n) is 8.18. The van der Waals surface area contributed by atoms with Crippen LogP contribution in [0.5, 0.6) is 11.5 Å². The molecule has 10 heteroatoms. The highest BCUT2D eigenvalue weighted by atomic mass is 32.2. The van der Waals surface area contributed by atoms with Crippen molar-refractivity contribution in [3.8, 4) is 11.5 Å². The van der Waals surface area contributed by atoms with Gasteiger partial charge in [-0.2, -0.15) is 13.2 Å². The number of sulfone groups is 1. The maximum atomic E-state index is 12.7. The van der Waals surface area contributed by atoms with Crippen LogP contribution in [-0.2, 0) is 16.4 Å². The molecule has 0 aromatic heterocycles. The number of aliphatic hydroxyl groups excluding tert-OH is 1. The number of ether oxygens (including phenoxy) is 2. The van der Waals surface area contributed by atoms with Gasteiger partial charge in [0.1, 0.15) is 17.6 Å². The van der Waals surface area contributed by atoms with Crippen molar-refractivity contribution in [3.05, 3.63) is 47.5 Å². The minimum atomic E-state index is -5.41. The molecule has 0 radical (unpaired) electrons. The first-order chi connectivity index (χ1) is 13.1. The highest BCUT2D eigenvalue weighted by molar-refractivity contribution is 7.92. The Morgan fingerprint density at radius 3 is 2.14 bits per heavy atom. The van der Waals surface area contributed by atoms with Crippen molar-refractivity contribution in [1.29, 1.82) is 0 Å². The third-order valence-electron chi connectivity index (χ3n) is 4.61. The third kappa shape index (κ3) is 3.37. The molecule has 0 bridgehead atoms. The minimum Gasteiger partial charge on any atom is -0.496 e. The molecule has 1 N–H and O–H groups in total. The number of halogens is 3. The van der Waals surface area contributed by atoms with E-state index in [1.54, 1.807) is 17.0 Å². The van der Waals surface area contributed by atoms with Crippen molar-refractivity contribution in [3.63, 3.8) is 0 Å². The lowest BCUT2D eigenvalue weighted by Crippen LogP contribution is -2.34. The normalized spacial score (nSPS) is 17.2. The van der Waals surface area contributed by atoms with Gasteiger partial charge in [0, 0.05) is 29.9 Å². The van der Waals surface area contributed by atoms with Crippen LogP contribution < -0.4 is 14.4 Å². The number of benzene rings is 2. The summed E-state index contributed by atoms with van der Waals surface area (Å²) in [6, 6.07) is 7.76. The van der Waals surface area contributed by atoms with E-state index in [0.29, 0.717) is 34.9 Å². The molecule has 152 valence electrons. The maximum Gasteiger partial charge on any atom is 0.501 e. The Morgan fingerprint density at radius 2 is 1.61 bits per heavy atom. The molecule has 1 atom stereocenters. The number of methoxy groups -OCH3 is 2. The molecule has 0 amide bonds. The Morgan fingerprint density at radius 1 is 1.04 bits per heavy atom. The monoisotopic (exact) mass is 417 g/mol. The summed E-state index contributed by atoms with van der Waals surface area (Å²) >= 11 is 0. The van der Waals surface area contributed by atoms with Gasteiger partial charge in [-0.3, -0.25) is 0 Å². The van der Waals surface area contributed by atoms with E-state index >= 15 is 0 Å². The fourth-order valence-corrected chi connectivity index (χ4v) is 4.00. The molecule has 2 aromatic carbocycles. The van der Waals surface area contributed by atoms with E-state index in [0.717, 1.165) is 12.1 Å². The smallest absolute Gasteiger partial charge is 0.496 e. The highest BCUT2D eigenvalue weighted by Gasteiger charge is 2.46. The summed E-state index contributed by atoms with van der Waals surface area (Å²) in [5.74, 6) is 1.05. The van der Waals surface area contributed by atoms with Gasteiger partial charge in [-0.25, -0.2) is 8.42 Å². The van der Waals surface area contributed by atoms with E-state index in [1.165, 1.54) is 26.4 Å². The van der Waals surface area contributed by atoms with E-state index in [9.17, 15) is 26.7 Å². The molecule has 1 heterocycles. The lowest BCUT2D eigenvalue weighted by molar-refractivity contribution is -0.0436. The topological polar surface area (TPSA) is 76.1 Å². The summed E-state index contributed by atoms with van der Waals surface area (Å²) in [6.07, 6.45) is -0.924. The van der Waals surface area contributed by atoms with Crippen molar-refractivity contribution < 1.29 is 36.2 Å². The molecule has 1 aliphatic rings. The summed E-state index contributed by atoms with van der Waals surface area (Å²) in [5.41, 5.74) is -3.61. The molecule has 0 unspecified atom stereocenters. The highest BCUT2D eigenvalue weighted by Crippen LogP contribution is 2.41. The van der Waals surface area contributed by atoms with Crippen LogP contribution in [0.2, 0.25) is 0 Å². The van der Waals surface area contributed by atoms with Gasteiger partial charge in [-0.1, -0.05) is 0 Å². The van der Waals surface area contributed by atoms with Gasteiger partial charge in [0.05, 0.1) is 19.1 Å². The summed E-state index contributed by atoms with van der Waals surface area (Å²) in [7, 11) is -2.43. The zero-order chi connectivity index (χ0) is 20.7. The molecule has 0 fully saturated rings. The summed E-state index contributed by atoms with van der Waals surface area (Å²) in [5, 5.41) is 10.6. The number of alkyl halides is 3. The van der Waals surface area contributed by atoms with Crippen LogP contribution >= 0.6 is 0 Å². The van der Waals surface area contributed by atoms with Gasteiger partial charge >= 0.3 is 5.51 Å². The fourth-order valence-electron chi connectivity index (χ4n) is 3.24. The fraction of sp³-hybridized carbons (Fsp3) is 0.333. The molecule has 3 rings (SSSR count). The number of β-amino-alcohol motifs (C(OH)–C–C–N with tert-alkyl or cyclic N) is 1. The van der Waals surface area contributed by atoms with Crippen LogP contribution in [0.15, 0.2) is 41.3 Å². The number of rotatable bonds is 4. The number of hydrogen-bond donors (Lipinski definition) is 1. The van der Waals surface area contributed by atoms with Crippen molar-refractivity contribution in [2.75, 3.05) is 25.7 Å². The maximum absolute atomic E-state index is 12.7. The average molecular weight is 417 g/mol. The predicted octanol–water partition coefficient (Wildman–Crippen LogP) is 3.05. The van der Waals surface area contributed by atoms with Gasteiger partial charge in [-0.05, 0) is 36.4 Å². The minimum absolute atomic E-state index is 0.155. The molecule has 6 nitrogen and oxygen atoms in total. The first-order valence-corrected chi connectivity index (χ1v) is 9.66. The van der Waals surface area contributed by atoms with Crippen LogP contribution in [0.3, 0.4) is 0 Å². The van der Waals surface area contributed by atoms with Gasteiger partial charge in [-0.15, -0.1) is 0 Å². The second-order valence-electron chi connectivity index (χ2n) is 6.20. The molecule has 0 spiro atoms. The molecular formula is C18H18F3NO5S. The first kappa shape index (κ1) is 20.3. The molecule has 1 aliphatic heterocycles. The number of fused-ring (bicyclic) bond motifs is 1. The number of nitrogens with zero attached hydrogens (tertiary/aromatic N) is 1. The van der Waals surface area contributed by atoms with Crippen LogP contribution in [0, 0.1) is 0 Å².